The van der Waals surface area contributed by atoms with E-state index in [1.807, 2.05) is 0 Å². The fraction of sp³-hybridized carbons (Fsp3) is 0.462. The minimum atomic E-state index is -0.119. The highest BCUT2D eigenvalue weighted by atomic mass is 16.7. The van der Waals surface area contributed by atoms with Gasteiger partial charge in [0.05, 0.1) is 5.56 Å². The number of nitrogen functional groups attached to an aromatic ring is 1. The minimum Gasteiger partial charge on any atom is -0.454 e. The van der Waals surface area contributed by atoms with Crippen LogP contribution in [0, 0.1) is 5.92 Å². The summed E-state index contributed by atoms with van der Waals surface area (Å²) >= 11 is 0. The Morgan fingerprint density at radius 1 is 1.42 bits per heavy atom. The van der Waals surface area contributed by atoms with Crippen LogP contribution in [-0.2, 0) is 0 Å². The molecule has 3 N–H and O–H groups in total. The van der Waals surface area contributed by atoms with Crippen molar-refractivity contribution in [3.8, 4) is 11.5 Å². The summed E-state index contributed by atoms with van der Waals surface area (Å²) < 4.78 is 10.5. The molecule has 1 fully saturated rings. The van der Waals surface area contributed by atoms with E-state index in [2.05, 4.69) is 0 Å². The molecule has 0 saturated carbocycles. The molecule has 2 aliphatic heterocycles. The van der Waals surface area contributed by atoms with Crippen LogP contribution in [0.15, 0.2) is 12.1 Å². The van der Waals surface area contributed by atoms with Crippen molar-refractivity contribution in [3.05, 3.63) is 17.7 Å². The summed E-state index contributed by atoms with van der Waals surface area (Å²) in [5.74, 6) is 1.17. The lowest BCUT2D eigenvalue weighted by Crippen LogP contribution is -2.29. The standard InChI is InChI=1S/C13H16N2O4/c14-10-4-12-11(18-7-19-12)3-9(10)13(17)15-2-1-8(5-15)6-16/h3-4,8,16H,1-2,5-7,14H2. The number of likely N-dealkylation sites (tertiary alicyclic amines) is 1. The van der Waals surface area contributed by atoms with Crippen molar-refractivity contribution in [2.24, 2.45) is 5.92 Å². The average Bonchev–Trinajstić information content (AvgIpc) is 3.05. The maximum atomic E-state index is 12.4. The van der Waals surface area contributed by atoms with Gasteiger partial charge in [-0.25, -0.2) is 0 Å². The second-order valence-electron chi connectivity index (χ2n) is 4.88. The van der Waals surface area contributed by atoms with E-state index in [1.54, 1.807) is 17.0 Å². The lowest BCUT2D eigenvalue weighted by atomic mass is 10.1. The molecular weight excluding hydrogens is 248 g/mol. The molecule has 1 atom stereocenters. The second-order valence-corrected chi connectivity index (χ2v) is 4.88. The largest absolute Gasteiger partial charge is 0.454 e. The van der Waals surface area contributed by atoms with E-state index in [1.165, 1.54) is 0 Å². The molecule has 0 aliphatic carbocycles. The second kappa shape index (κ2) is 4.62. The van der Waals surface area contributed by atoms with Crippen LogP contribution in [0.25, 0.3) is 0 Å². The van der Waals surface area contributed by atoms with E-state index in [9.17, 15) is 4.79 Å². The first-order valence-electron chi connectivity index (χ1n) is 6.28. The van der Waals surface area contributed by atoms with Crippen molar-refractivity contribution < 1.29 is 19.4 Å². The van der Waals surface area contributed by atoms with Gasteiger partial charge in [0, 0.05) is 37.4 Å². The molecular formula is C13H16N2O4. The molecule has 0 spiro atoms. The predicted molar refractivity (Wildman–Crippen MR) is 68.1 cm³/mol. The van der Waals surface area contributed by atoms with E-state index >= 15 is 0 Å². The number of aliphatic hydroxyl groups excluding tert-OH is 1. The smallest absolute Gasteiger partial charge is 0.256 e. The van der Waals surface area contributed by atoms with Gasteiger partial charge in [0.2, 0.25) is 6.79 Å². The van der Waals surface area contributed by atoms with Gasteiger partial charge >= 0.3 is 0 Å². The van der Waals surface area contributed by atoms with Crippen LogP contribution in [0.3, 0.4) is 0 Å². The third kappa shape index (κ3) is 2.08. The highest BCUT2D eigenvalue weighted by Gasteiger charge is 2.29. The summed E-state index contributed by atoms with van der Waals surface area (Å²) in [5.41, 5.74) is 6.72. The first kappa shape index (κ1) is 12.1. The number of carbonyl (C=O) groups excluding carboxylic acids is 1. The van der Waals surface area contributed by atoms with Crippen LogP contribution in [0.5, 0.6) is 11.5 Å². The normalized spacial score (nSPS) is 20.9. The Morgan fingerprint density at radius 3 is 2.84 bits per heavy atom. The van der Waals surface area contributed by atoms with E-state index in [0.29, 0.717) is 35.8 Å². The number of hydrogen-bond donors (Lipinski definition) is 2. The first-order chi connectivity index (χ1) is 9.19. The molecule has 1 unspecified atom stereocenters. The van der Waals surface area contributed by atoms with Crippen molar-refractivity contribution in [2.45, 2.75) is 6.42 Å². The van der Waals surface area contributed by atoms with Gasteiger partial charge in [0.15, 0.2) is 11.5 Å². The molecule has 1 saturated heterocycles. The number of benzene rings is 1. The first-order valence-corrected chi connectivity index (χ1v) is 6.28. The number of rotatable bonds is 2. The molecule has 0 aromatic heterocycles. The lowest BCUT2D eigenvalue weighted by Gasteiger charge is -2.17. The summed E-state index contributed by atoms with van der Waals surface area (Å²) in [6.07, 6.45) is 0.826. The molecule has 1 aromatic rings. The van der Waals surface area contributed by atoms with Gasteiger partial charge in [0.1, 0.15) is 0 Å². The molecule has 0 radical (unpaired) electrons. The van der Waals surface area contributed by atoms with Crippen LogP contribution < -0.4 is 15.2 Å². The van der Waals surface area contributed by atoms with Gasteiger partial charge in [-0.3, -0.25) is 4.79 Å². The summed E-state index contributed by atoms with van der Waals surface area (Å²) in [5, 5.41) is 9.12. The highest BCUT2D eigenvalue weighted by molar-refractivity contribution is 6.00. The van der Waals surface area contributed by atoms with Gasteiger partial charge in [-0.15, -0.1) is 0 Å². The van der Waals surface area contributed by atoms with Gasteiger partial charge in [0.25, 0.3) is 5.91 Å². The van der Waals surface area contributed by atoms with Gasteiger partial charge in [-0.05, 0) is 12.5 Å². The maximum Gasteiger partial charge on any atom is 0.256 e. The van der Waals surface area contributed by atoms with E-state index in [4.69, 9.17) is 20.3 Å². The molecule has 1 amide bonds. The Hall–Kier alpha value is -1.95. The number of fused-ring (bicyclic) bond motifs is 1. The van der Waals surface area contributed by atoms with E-state index in [0.717, 1.165) is 6.42 Å². The molecule has 3 rings (SSSR count). The van der Waals surface area contributed by atoms with Crippen LogP contribution >= 0.6 is 0 Å². The van der Waals surface area contributed by atoms with Crippen LogP contribution in [0.1, 0.15) is 16.8 Å². The third-order valence-electron chi connectivity index (χ3n) is 3.61. The topological polar surface area (TPSA) is 85.0 Å². The molecule has 1 aromatic carbocycles. The number of aliphatic hydroxyl groups is 1. The zero-order valence-corrected chi connectivity index (χ0v) is 10.5. The average molecular weight is 264 g/mol. The zero-order chi connectivity index (χ0) is 13.4. The molecule has 19 heavy (non-hydrogen) atoms. The Bertz CT molecular complexity index is 518. The number of hydrogen-bond acceptors (Lipinski definition) is 5. The number of nitrogens with zero attached hydrogens (tertiary/aromatic N) is 1. The Balaban J connectivity index is 1.84. The fourth-order valence-corrected chi connectivity index (χ4v) is 2.48. The van der Waals surface area contributed by atoms with Crippen LogP contribution in [-0.4, -0.2) is 42.4 Å². The molecule has 2 heterocycles. The Morgan fingerprint density at radius 2 is 2.16 bits per heavy atom. The van der Waals surface area contributed by atoms with Crippen molar-refractivity contribution in [2.75, 3.05) is 32.2 Å². The molecule has 6 nitrogen and oxygen atoms in total. The monoisotopic (exact) mass is 264 g/mol. The fourth-order valence-electron chi connectivity index (χ4n) is 2.48. The third-order valence-corrected chi connectivity index (χ3v) is 3.61. The number of carbonyl (C=O) groups is 1. The Labute approximate surface area is 110 Å². The molecule has 102 valence electrons. The number of nitrogens with two attached hydrogens (primary N) is 1. The summed E-state index contributed by atoms with van der Waals surface area (Å²) in [6, 6.07) is 3.25. The van der Waals surface area contributed by atoms with Crippen molar-refractivity contribution in [1.29, 1.82) is 0 Å². The number of ether oxygens (including phenoxy) is 2. The zero-order valence-electron chi connectivity index (χ0n) is 10.5. The number of anilines is 1. The lowest BCUT2D eigenvalue weighted by molar-refractivity contribution is 0.0782. The summed E-state index contributed by atoms with van der Waals surface area (Å²) in [7, 11) is 0. The molecule has 6 heteroatoms. The molecule has 2 aliphatic rings. The number of amides is 1. The van der Waals surface area contributed by atoms with E-state index < -0.39 is 0 Å². The van der Waals surface area contributed by atoms with Gasteiger partial charge < -0.3 is 25.2 Å². The summed E-state index contributed by atoms with van der Waals surface area (Å²) in [6.45, 7) is 1.49. The van der Waals surface area contributed by atoms with Crippen molar-refractivity contribution in [3.63, 3.8) is 0 Å². The van der Waals surface area contributed by atoms with Crippen molar-refractivity contribution in [1.82, 2.24) is 4.90 Å². The molecule has 0 bridgehead atoms. The SMILES string of the molecule is Nc1cc2c(cc1C(=O)N1CCC(CO)C1)OCO2. The van der Waals surface area contributed by atoms with Crippen LogP contribution in [0.2, 0.25) is 0 Å². The maximum absolute atomic E-state index is 12.4. The predicted octanol–water partition coefficient (Wildman–Crippen LogP) is 0.452. The minimum absolute atomic E-state index is 0.112. The van der Waals surface area contributed by atoms with E-state index in [-0.39, 0.29) is 25.2 Å². The Kier molecular flexibility index (Phi) is 2.94. The van der Waals surface area contributed by atoms with Crippen molar-refractivity contribution >= 4 is 11.6 Å². The quantitative estimate of drug-likeness (QED) is 0.758. The van der Waals surface area contributed by atoms with Gasteiger partial charge in [-0.1, -0.05) is 0 Å². The summed E-state index contributed by atoms with van der Waals surface area (Å²) in [4.78, 5) is 14.1. The van der Waals surface area contributed by atoms with Gasteiger partial charge in [-0.2, -0.15) is 0 Å². The van der Waals surface area contributed by atoms with Crippen LogP contribution in [0.4, 0.5) is 5.69 Å². The highest BCUT2D eigenvalue weighted by Crippen LogP contribution is 2.36.